The van der Waals surface area contributed by atoms with E-state index in [4.69, 9.17) is 10.00 Å². The van der Waals surface area contributed by atoms with E-state index in [2.05, 4.69) is 37.3 Å². The fourth-order valence-electron chi connectivity index (χ4n) is 2.95. The number of hydrogen-bond acceptors (Lipinski definition) is 2. The summed E-state index contributed by atoms with van der Waals surface area (Å²) in [5.41, 5.74) is 2.69. The molecule has 1 saturated carbocycles. The number of aryl methyl sites for hydroxylation is 1. The Morgan fingerprint density at radius 3 is 2.33 bits per heavy atom. The first-order valence-electron chi connectivity index (χ1n) is 8.41. The van der Waals surface area contributed by atoms with Crippen molar-refractivity contribution < 1.29 is 4.74 Å². The molecule has 1 aliphatic rings. The van der Waals surface area contributed by atoms with E-state index in [0.29, 0.717) is 12.7 Å². The number of ether oxygens (including phenoxy) is 1. The lowest BCUT2D eigenvalue weighted by Gasteiger charge is -2.25. The molecule has 1 aliphatic carbocycles. The van der Waals surface area contributed by atoms with Gasteiger partial charge in [0.15, 0.2) is 0 Å². The summed E-state index contributed by atoms with van der Waals surface area (Å²) >= 11 is 0. The third-order valence-corrected chi connectivity index (χ3v) is 4.43. The SMILES string of the molecule is CCCCCc1ccc(COC2CCC(C#N)CC2)cc1. The monoisotopic (exact) mass is 285 g/mol. The van der Waals surface area contributed by atoms with Gasteiger partial charge in [0.25, 0.3) is 0 Å². The molecule has 21 heavy (non-hydrogen) atoms. The van der Waals surface area contributed by atoms with Gasteiger partial charge in [-0.15, -0.1) is 0 Å². The lowest BCUT2D eigenvalue weighted by molar-refractivity contribution is 0.0116. The largest absolute Gasteiger partial charge is 0.374 e. The maximum atomic E-state index is 8.90. The number of unbranched alkanes of at least 4 members (excludes halogenated alkanes) is 2. The Hall–Kier alpha value is -1.33. The van der Waals surface area contributed by atoms with E-state index in [-0.39, 0.29) is 5.92 Å². The molecule has 2 heteroatoms. The highest BCUT2D eigenvalue weighted by molar-refractivity contribution is 5.22. The van der Waals surface area contributed by atoms with Crippen LogP contribution in [0.15, 0.2) is 24.3 Å². The quantitative estimate of drug-likeness (QED) is 0.659. The Balaban J connectivity index is 1.70. The second kappa shape index (κ2) is 8.85. The molecule has 1 fully saturated rings. The molecule has 0 heterocycles. The van der Waals surface area contributed by atoms with Gasteiger partial charge in [0.1, 0.15) is 0 Å². The van der Waals surface area contributed by atoms with Crippen molar-refractivity contribution in [2.75, 3.05) is 0 Å². The second-order valence-corrected chi connectivity index (χ2v) is 6.19. The van der Waals surface area contributed by atoms with Crippen molar-refractivity contribution in [3.8, 4) is 6.07 Å². The van der Waals surface area contributed by atoms with Crippen LogP contribution in [0.5, 0.6) is 0 Å². The summed E-state index contributed by atoms with van der Waals surface area (Å²) < 4.78 is 5.99. The van der Waals surface area contributed by atoms with Crippen LogP contribution in [0, 0.1) is 17.2 Å². The highest BCUT2D eigenvalue weighted by Gasteiger charge is 2.21. The lowest BCUT2D eigenvalue weighted by atomic mass is 9.88. The summed E-state index contributed by atoms with van der Waals surface area (Å²) in [6, 6.07) is 11.2. The van der Waals surface area contributed by atoms with E-state index >= 15 is 0 Å². The Morgan fingerprint density at radius 1 is 1.05 bits per heavy atom. The highest BCUT2D eigenvalue weighted by Crippen LogP contribution is 2.26. The minimum absolute atomic E-state index is 0.257. The van der Waals surface area contributed by atoms with Gasteiger partial charge in [-0.2, -0.15) is 5.26 Å². The molecule has 0 unspecified atom stereocenters. The first kappa shape index (κ1) is 16.0. The Kier molecular flexibility index (Phi) is 6.76. The van der Waals surface area contributed by atoms with Gasteiger partial charge in [0, 0.05) is 5.92 Å². The Morgan fingerprint density at radius 2 is 1.71 bits per heavy atom. The normalized spacial score (nSPS) is 21.9. The molecule has 0 aromatic heterocycles. The van der Waals surface area contributed by atoms with E-state index < -0.39 is 0 Å². The van der Waals surface area contributed by atoms with Gasteiger partial charge in [-0.05, 0) is 49.7 Å². The molecule has 114 valence electrons. The fraction of sp³-hybridized carbons (Fsp3) is 0.632. The van der Waals surface area contributed by atoms with Gasteiger partial charge in [0.2, 0.25) is 0 Å². The van der Waals surface area contributed by atoms with Crippen molar-refractivity contribution in [1.82, 2.24) is 0 Å². The van der Waals surface area contributed by atoms with Crippen molar-refractivity contribution in [2.24, 2.45) is 5.92 Å². The van der Waals surface area contributed by atoms with Crippen LogP contribution in [0.4, 0.5) is 0 Å². The molecule has 1 aromatic rings. The lowest BCUT2D eigenvalue weighted by Crippen LogP contribution is -2.20. The van der Waals surface area contributed by atoms with E-state index in [9.17, 15) is 0 Å². The molecule has 0 aliphatic heterocycles. The fourth-order valence-corrected chi connectivity index (χ4v) is 2.95. The molecule has 0 bridgehead atoms. The van der Waals surface area contributed by atoms with E-state index in [1.807, 2.05) is 0 Å². The molecular weight excluding hydrogens is 258 g/mol. The summed E-state index contributed by atoms with van der Waals surface area (Å²) in [5, 5.41) is 8.90. The first-order chi connectivity index (χ1) is 10.3. The van der Waals surface area contributed by atoms with Gasteiger partial charge in [-0.3, -0.25) is 0 Å². The molecule has 0 atom stereocenters. The maximum Gasteiger partial charge on any atom is 0.0720 e. The molecule has 0 amide bonds. The highest BCUT2D eigenvalue weighted by atomic mass is 16.5. The van der Waals surface area contributed by atoms with Crippen molar-refractivity contribution in [2.45, 2.75) is 71.0 Å². The zero-order chi connectivity index (χ0) is 14.9. The average molecular weight is 285 g/mol. The third-order valence-electron chi connectivity index (χ3n) is 4.43. The standard InChI is InChI=1S/C19H27NO/c1-2-3-4-5-16-6-8-18(9-7-16)15-21-19-12-10-17(14-20)11-13-19/h6-9,17,19H,2-5,10-13,15H2,1H3. The van der Waals surface area contributed by atoms with Crippen LogP contribution < -0.4 is 0 Å². The molecule has 0 saturated heterocycles. The minimum Gasteiger partial charge on any atom is -0.374 e. The van der Waals surface area contributed by atoms with Crippen molar-refractivity contribution >= 4 is 0 Å². The smallest absolute Gasteiger partial charge is 0.0720 e. The van der Waals surface area contributed by atoms with E-state index in [1.54, 1.807) is 0 Å². The van der Waals surface area contributed by atoms with Gasteiger partial charge in [0.05, 0.1) is 18.8 Å². The van der Waals surface area contributed by atoms with Crippen molar-refractivity contribution in [3.05, 3.63) is 35.4 Å². The van der Waals surface area contributed by atoms with Gasteiger partial charge >= 0.3 is 0 Å². The van der Waals surface area contributed by atoms with Gasteiger partial charge < -0.3 is 4.74 Å². The summed E-state index contributed by atoms with van der Waals surface area (Å²) in [7, 11) is 0. The number of nitrogens with zero attached hydrogens (tertiary/aromatic N) is 1. The predicted octanol–water partition coefficient (Wildman–Crippen LogP) is 5.02. The van der Waals surface area contributed by atoms with Crippen LogP contribution in [0.25, 0.3) is 0 Å². The Labute approximate surface area is 129 Å². The molecule has 2 nitrogen and oxygen atoms in total. The Bertz CT molecular complexity index is 438. The molecular formula is C19H27NO. The number of nitriles is 1. The second-order valence-electron chi connectivity index (χ2n) is 6.19. The van der Waals surface area contributed by atoms with Crippen LogP contribution in [-0.2, 0) is 17.8 Å². The summed E-state index contributed by atoms with van der Waals surface area (Å²) in [6.07, 6.45) is 9.48. The van der Waals surface area contributed by atoms with E-state index in [0.717, 1.165) is 25.7 Å². The molecule has 1 aromatic carbocycles. The van der Waals surface area contributed by atoms with Crippen LogP contribution in [0.1, 0.15) is 63.0 Å². The van der Waals surface area contributed by atoms with Crippen LogP contribution >= 0.6 is 0 Å². The average Bonchev–Trinajstić information content (AvgIpc) is 2.55. The predicted molar refractivity (Wildman–Crippen MR) is 85.8 cm³/mol. The molecule has 0 spiro atoms. The van der Waals surface area contributed by atoms with Crippen LogP contribution in [-0.4, -0.2) is 6.10 Å². The van der Waals surface area contributed by atoms with E-state index in [1.165, 1.54) is 36.8 Å². The summed E-state index contributed by atoms with van der Waals surface area (Å²) in [4.78, 5) is 0. The molecule has 2 rings (SSSR count). The molecule has 0 radical (unpaired) electrons. The van der Waals surface area contributed by atoms with Crippen LogP contribution in [0.3, 0.4) is 0 Å². The molecule has 0 N–H and O–H groups in total. The summed E-state index contributed by atoms with van der Waals surface area (Å²) in [5.74, 6) is 0.257. The minimum atomic E-state index is 0.257. The zero-order valence-corrected chi connectivity index (χ0v) is 13.2. The van der Waals surface area contributed by atoms with Crippen molar-refractivity contribution in [3.63, 3.8) is 0 Å². The van der Waals surface area contributed by atoms with Crippen molar-refractivity contribution in [1.29, 1.82) is 5.26 Å². The maximum absolute atomic E-state index is 8.90. The first-order valence-corrected chi connectivity index (χ1v) is 8.41. The van der Waals surface area contributed by atoms with Gasteiger partial charge in [-0.25, -0.2) is 0 Å². The topological polar surface area (TPSA) is 33.0 Å². The number of hydrogen-bond donors (Lipinski definition) is 0. The number of benzene rings is 1. The summed E-state index contributed by atoms with van der Waals surface area (Å²) in [6.45, 7) is 2.95. The third kappa shape index (κ3) is 5.52. The number of rotatable bonds is 7. The van der Waals surface area contributed by atoms with Crippen LogP contribution in [0.2, 0.25) is 0 Å². The van der Waals surface area contributed by atoms with Gasteiger partial charge in [-0.1, -0.05) is 44.0 Å². The zero-order valence-electron chi connectivity index (χ0n) is 13.2.